The fraction of sp³-hybridized carbons (Fsp3) is 0.280. The first-order valence-electron chi connectivity index (χ1n) is 11.5. The topological polar surface area (TPSA) is 137 Å². The monoisotopic (exact) mass is 524 g/mol. The van der Waals surface area contributed by atoms with Gasteiger partial charge >= 0.3 is 0 Å². The van der Waals surface area contributed by atoms with Crippen LogP contribution in [0.3, 0.4) is 0 Å². The van der Waals surface area contributed by atoms with Crippen molar-refractivity contribution in [2.45, 2.75) is 38.6 Å². The molecule has 0 aliphatic carbocycles. The largest absolute Gasteiger partial charge is 0.493 e. The number of carbonyl (C=O) groups is 1. The molecule has 0 atom stereocenters. The van der Waals surface area contributed by atoms with Crippen molar-refractivity contribution in [1.29, 1.82) is 0 Å². The summed E-state index contributed by atoms with van der Waals surface area (Å²) < 4.78 is 39.1. The molecule has 11 nitrogen and oxygen atoms in total. The molecular formula is C25H28N6O5S. The number of sulfonamides is 1. The van der Waals surface area contributed by atoms with E-state index in [0.29, 0.717) is 35.5 Å². The molecule has 12 heteroatoms. The molecule has 194 valence electrons. The van der Waals surface area contributed by atoms with Gasteiger partial charge in [0.2, 0.25) is 11.9 Å². The summed E-state index contributed by atoms with van der Waals surface area (Å²) in [5, 5.41) is 7.92. The highest BCUT2D eigenvalue weighted by Crippen LogP contribution is 2.35. The van der Waals surface area contributed by atoms with Crippen LogP contribution in [0.2, 0.25) is 0 Å². The molecule has 0 aliphatic rings. The van der Waals surface area contributed by atoms with Gasteiger partial charge < -0.3 is 14.8 Å². The molecule has 4 rings (SSSR count). The number of fused-ring (bicyclic) bond motifs is 1. The number of ether oxygens (including phenoxy) is 2. The second-order valence-electron chi connectivity index (χ2n) is 8.24. The molecule has 2 aromatic heterocycles. The SMILES string of the molecule is CCC(=O)NS(=O)(=O)c1ccc(CNc2nc(C)nc3c(-c4ccc(OC)c(OC)c4)c(C)nn23)cc1. The van der Waals surface area contributed by atoms with Gasteiger partial charge in [-0.2, -0.15) is 14.6 Å². The van der Waals surface area contributed by atoms with Gasteiger partial charge in [-0.25, -0.2) is 18.1 Å². The minimum absolute atomic E-state index is 0.0144. The molecule has 4 aromatic rings. The first kappa shape index (κ1) is 25.9. The van der Waals surface area contributed by atoms with Crippen LogP contribution in [0.1, 0.15) is 30.4 Å². The second-order valence-corrected chi connectivity index (χ2v) is 9.92. The lowest BCUT2D eigenvalue weighted by atomic mass is 10.1. The zero-order chi connectivity index (χ0) is 26.7. The number of methoxy groups -OCH3 is 2. The number of rotatable bonds is 9. The van der Waals surface area contributed by atoms with E-state index >= 15 is 0 Å². The third-order valence-corrected chi connectivity index (χ3v) is 7.09. The van der Waals surface area contributed by atoms with Crippen LogP contribution >= 0.6 is 0 Å². The van der Waals surface area contributed by atoms with Crippen molar-refractivity contribution in [2.75, 3.05) is 19.5 Å². The molecule has 0 radical (unpaired) electrons. The van der Waals surface area contributed by atoms with E-state index in [1.165, 1.54) is 12.1 Å². The quantitative estimate of drug-likeness (QED) is 0.338. The lowest BCUT2D eigenvalue weighted by molar-refractivity contribution is -0.119. The van der Waals surface area contributed by atoms with Crippen molar-refractivity contribution in [1.82, 2.24) is 24.3 Å². The maximum atomic E-state index is 12.3. The molecule has 0 fully saturated rings. The Morgan fingerprint density at radius 2 is 1.70 bits per heavy atom. The highest BCUT2D eigenvalue weighted by Gasteiger charge is 2.19. The van der Waals surface area contributed by atoms with Gasteiger partial charge in [0, 0.05) is 18.5 Å². The van der Waals surface area contributed by atoms with Gasteiger partial charge in [0.05, 0.1) is 24.8 Å². The lowest BCUT2D eigenvalue weighted by Gasteiger charge is -2.11. The predicted octanol–water partition coefficient (Wildman–Crippen LogP) is 3.25. The first-order valence-corrected chi connectivity index (χ1v) is 13.0. The highest BCUT2D eigenvalue weighted by atomic mass is 32.2. The van der Waals surface area contributed by atoms with Crippen molar-refractivity contribution < 1.29 is 22.7 Å². The minimum Gasteiger partial charge on any atom is -0.493 e. The van der Waals surface area contributed by atoms with Crippen LogP contribution in [0.4, 0.5) is 5.95 Å². The average Bonchev–Trinajstić information content (AvgIpc) is 3.22. The van der Waals surface area contributed by atoms with Crippen LogP contribution in [0, 0.1) is 13.8 Å². The van der Waals surface area contributed by atoms with Gasteiger partial charge in [0.1, 0.15) is 5.82 Å². The number of carbonyl (C=O) groups excluding carboxylic acids is 1. The zero-order valence-corrected chi connectivity index (χ0v) is 22.0. The van der Waals surface area contributed by atoms with E-state index in [2.05, 4.69) is 20.4 Å². The molecule has 0 aliphatic heterocycles. The Bertz CT molecular complexity index is 1560. The number of nitrogens with zero attached hydrogens (tertiary/aromatic N) is 4. The normalized spacial score (nSPS) is 11.4. The van der Waals surface area contributed by atoms with E-state index in [1.54, 1.807) is 44.7 Å². The molecule has 2 aromatic carbocycles. The summed E-state index contributed by atoms with van der Waals surface area (Å²) in [5.41, 5.74) is 3.93. The van der Waals surface area contributed by atoms with Gasteiger partial charge in [-0.05, 0) is 49.2 Å². The van der Waals surface area contributed by atoms with E-state index in [0.717, 1.165) is 22.4 Å². The predicted molar refractivity (Wildman–Crippen MR) is 138 cm³/mol. The summed E-state index contributed by atoms with van der Waals surface area (Å²) in [6.45, 7) is 5.65. The number of amides is 1. The molecular weight excluding hydrogens is 496 g/mol. The zero-order valence-electron chi connectivity index (χ0n) is 21.2. The summed E-state index contributed by atoms with van der Waals surface area (Å²) in [7, 11) is -0.727. The smallest absolute Gasteiger partial charge is 0.264 e. The molecule has 2 N–H and O–H groups in total. The number of aryl methyl sites for hydroxylation is 2. The van der Waals surface area contributed by atoms with Gasteiger partial charge in [-0.15, -0.1) is 0 Å². The number of benzene rings is 2. The van der Waals surface area contributed by atoms with E-state index in [-0.39, 0.29) is 11.3 Å². The van der Waals surface area contributed by atoms with Crippen LogP contribution in [-0.2, 0) is 21.4 Å². The Morgan fingerprint density at radius 3 is 2.35 bits per heavy atom. The maximum absolute atomic E-state index is 12.3. The summed E-state index contributed by atoms with van der Waals surface area (Å²) in [4.78, 5) is 20.7. The fourth-order valence-electron chi connectivity index (χ4n) is 3.84. The summed E-state index contributed by atoms with van der Waals surface area (Å²) >= 11 is 0. The Hall–Kier alpha value is -4.19. The third kappa shape index (κ3) is 5.33. The number of nitrogens with one attached hydrogen (secondary N) is 2. The van der Waals surface area contributed by atoms with Crippen LogP contribution in [0.25, 0.3) is 16.8 Å². The van der Waals surface area contributed by atoms with Crippen LogP contribution < -0.4 is 19.5 Å². The molecule has 0 unspecified atom stereocenters. The van der Waals surface area contributed by atoms with Crippen molar-refractivity contribution in [3.63, 3.8) is 0 Å². The highest BCUT2D eigenvalue weighted by molar-refractivity contribution is 7.90. The maximum Gasteiger partial charge on any atom is 0.264 e. The summed E-state index contributed by atoms with van der Waals surface area (Å²) in [6.07, 6.45) is 0.0781. The molecule has 0 spiro atoms. The third-order valence-electron chi connectivity index (χ3n) is 5.70. The number of hydrogen-bond donors (Lipinski definition) is 2. The van der Waals surface area contributed by atoms with Crippen LogP contribution in [-0.4, -0.2) is 48.1 Å². The van der Waals surface area contributed by atoms with Gasteiger partial charge in [0.15, 0.2) is 17.1 Å². The Balaban J connectivity index is 1.62. The number of hydrogen-bond acceptors (Lipinski definition) is 9. The molecule has 1 amide bonds. The van der Waals surface area contributed by atoms with Crippen LogP contribution in [0.15, 0.2) is 47.4 Å². The standard InChI is InChI=1S/C25H28N6O5S/c1-6-22(32)30-37(33,34)19-10-7-17(8-11-19)14-26-25-28-16(3)27-24-23(15(2)29-31(24)25)18-9-12-20(35-4)21(13-18)36-5/h7-13H,6,14H2,1-5H3,(H,30,32)(H,26,27,28). The van der Waals surface area contributed by atoms with E-state index < -0.39 is 15.9 Å². The van der Waals surface area contributed by atoms with E-state index in [4.69, 9.17) is 9.47 Å². The first-order chi connectivity index (χ1) is 17.7. The van der Waals surface area contributed by atoms with Crippen molar-refractivity contribution in [3.8, 4) is 22.6 Å². The van der Waals surface area contributed by atoms with E-state index in [9.17, 15) is 13.2 Å². The second kappa shape index (κ2) is 10.4. The van der Waals surface area contributed by atoms with Gasteiger partial charge in [-0.1, -0.05) is 25.1 Å². The Kier molecular flexibility index (Phi) is 7.30. The summed E-state index contributed by atoms with van der Waals surface area (Å²) in [6, 6.07) is 11.9. The van der Waals surface area contributed by atoms with Gasteiger partial charge in [0.25, 0.3) is 10.0 Å². The summed E-state index contributed by atoms with van der Waals surface area (Å²) in [5.74, 6) is 1.72. The molecule has 0 bridgehead atoms. The van der Waals surface area contributed by atoms with Crippen LogP contribution in [0.5, 0.6) is 11.5 Å². The lowest BCUT2D eigenvalue weighted by Crippen LogP contribution is -2.29. The van der Waals surface area contributed by atoms with Crippen molar-refractivity contribution in [3.05, 3.63) is 59.5 Å². The minimum atomic E-state index is -3.90. The molecule has 37 heavy (non-hydrogen) atoms. The Labute approximate surface area is 214 Å². The fourth-order valence-corrected chi connectivity index (χ4v) is 4.89. The van der Waals surface area contributed by atoms with Crippen molar-refractivity contribution in [2.24, 2.45) is 0 Å². The van der Waals surface area contributed by atoms with E-state index in [1.807, 2.05) is 29.8 Å². The number of anilines is 1. The molecule has 0 saturated heterocycles. The number of aromatic nitrogens is 4. The molecule has 0 saturated carbocycles. The van der Waals surface area contributed by atoms with Gasteiger partial charge in [-0.3, -0.25) is 4.79 Å². The molecule has 2 heterocycles. The average molecular weight is 525 g/mol. The van der Waals surface area contributed by atoms with Crippen molar-refractivity contribution >= 4 is 27.5 Å². The Morgan fingerprint density at radius 1 is 1.00 bits per heavy atom.